The van der Waals surface area contributed by atoms with Crippen molar-refractivity contribution in [1.82, 2.24) is 9.80 Å². The second-order valence-corrected chi connectivity index (χ2v) is 6.40. The highest BCUT2D eigenvalue weighted by atomic mass is 15.3. The fourth-order valence-electron chi connectivity index (χ4n) is 3.46. The van der Waals surface area contributed by atoms with Crippen LogP contribution < -0.4 is 5.73 Å². The lowest BCUT2D eigenvalue weighted by molar-refractivity contribution is 0.0493. The second kappa shape index (κ2) is 7.39. The first-order valence-electron chi connectivity index (χ1n) is 8.37. The Morgan fingerprint density at radius 1 is 1.19 bits per heavy atom. The van der Waals surface area contributed by atoms with E-state index in [0.29, 0.717) is 12.1 Å². The summed E-state index contributed by atoms with van der Waals surface area (Å²) in [7, 11) is 0. The maximum atomic E-state index is 6.48. The zero-order valence-electron chi connectivity index (χ0n) is 14.0. The van der Waals surface area contributed by atoms with E-state index < -0.39 is 0 Å². The molecule has 118 valence electrons. The van der Waals surface area contributed by atoms with Gasteiger partial charge in [-0.3, -0.25) is 9.80 Å². The number of aryl methyl sites for hydroxylation is 1. The Hall–Kier alpha value is -0.900. The summed E-state index contributed by atoms with van der Waals surface area (Å²) in [5, 5.41) is 0. The predicted molar refractivity (Wildman–Crippen MR) is 90.5 cm³/mol. The number of rotatable bonds is 5. The van der Waals surface area contributed by atoms with Gasteiger partial charge in [0.2, 0.25) is 0 Å². The van der Waals surface area contributed by atoms with Crippen LogP contribution in [0.15, 0.2) is 24.3 Å². The Morgan fingerprint density at radius 2 is 1.86 bits per heavy atom. The van der Waals surface area contributed by atoms with E-state index in [1.54, 1.807) is 0 Å². The van der Waals surface area contributed by atoms with Gasteiger partial charge < -0.3 is 5.73 Å². The Morgan fingerprint density at radius 3 is 2.38 bits per heavy atom. The van der Waals surface area contributed by atoms with Crippen LogP contribution >= 0.6 is 0 Å². The van der Waals surface area contributed by atoms with E-state index in [9.17, 15) is 0 Å². The molecule has 0 bridgehead atoms. The molecular formula is C18H31N3. The first-order valence-corrected chi connectivity index (χ1v) is 8.37. The zero-order valence-corrected chi connectivity index (χ0v) is 14.0. The number of benzene rings is 1. The largest absolute Gasteiger partial charge is 0.326 e. The topological polar surface area (TPSA) is 32.5 Å². The SMILES string of the molecule is CCC(N)C(c1ccc(C)cc1)N1CCN(CC)C(C)C1. The summed E-state index contributed by atoms with van der Waals surface area (Å²) in [5.41, 5.74) is 9.15. The minimum absolute atomic E-state index is 0.202. The lowest BCUT2D eigenvalue weighted by Gasteiger charge is -2.44. The van der Waals surface area contributed by atoms with Gasteiger partial charge in [0.25, 0.3) is 0 Å². The standard InChI is InChI=1S/C18H31N3/c1-5-17(19)18(16-9-7-14(3)8-10-16)21-12-11-20(6-2)15(4)13-21/h7-10,15,17-18H,5-6,11-13,19H2,1-4H3. The van der Waals surface area contributed by atoms with Crippen molar-refractivity contribution >= 4 is 0 Å². The van der Waals surface area contributed by atoms with Gasteiger partial charge in [0, 0.05) is 37.8 Å². The van der Waals surface area contributed by atoms with Crippen molar-refractivity contribution in [3.63, 3.8) is 0 Å². The highest BCUT2D eigenvalue weighted by Crippen LogP contribution is 2.28. The molecule has 0 aromatic heterocycles. The molecule has 0 spiro atoms. The molecule has 0 aliphatic carbocycles. The molecule has 1 aromatic carbocycles. The first kappa shape index (κ1) is 16.5. The molecule has 1 fully saturated rings. The van der Waals surface area contributed by atoms with Crippen LogP contribution in [0, 0.1) is 6.92 Å². The van der Waals surface area contributed by atoms with E-state index in [1.807, 2.05) is 0 Å². The number of nitrogens with two attached hydrogens (primary N) is 1. The van der Waals surface area contributed by atoms with E-state index in [4.69, 9.17) is 5.73 Å². The van der Waals surface area contributed by atoms with Gasteiger partial charge in [0.1, 0.15) is 0 Å². The third-order valence-electron chi connectivity index (χ3n) is 4.89. The molecule has 0 saturated carbocycles. The minimum atomic E-state index is 0.202. The summed E-state index contributed by atoms with van der Waals surface area (Å²) in [4.78, 5) is 5.15. The quantitative estimate of drug-likeness (QED) is 0.904. The molecule has 3 unspecified atom stereocenters. The van der Waals surface area contributed by atoms with Crippen molar-refractivity contribution in [2.75, 3.05) is 26.2 Å². The van der Waals surface area contributed by atoms with Gasteiger partial charge in [-0.25, -0.2) is 0 Å². The summed E-state index contributed by atoms with van der Waals surface area (Å²) in [6.45, 7) is 13.4. The number of nitrogens with zero attached hydrogens (tertiary/aromatic N) is 2. The van der Waals surface area contributed by atoms with Crippen molar-refractivity contribution in [1.29, 1.82) is 0 Å². The predicted octanol–water partition coefficient (Wildman–Crippen LogP) is 2.80. The van der Waals surface area contributed by atoms with Crippen molar-refractivity contribution in [2.45, 2.75) is 52.2 Å². The van der Waals surface area contributed by atoms with Gasteiger partial charge in [-0.15, -0.1) is 0 Å². The lowest BCUT2D eigenvalue weighted by atomic mass is 9.94. The molecule has 3 nitrogen and oxygen atoms in total. The van der Waals surface area contributed by atoms with Crippen LogP contribution in [0.2, 0.25) is 0 Å². The van der Waals surface area contributed by atoms with Gasteiger partial charge in [0.15, 0.2) is 0 Å². The monoisotopic (exact) mass is 289 g/mol. The van der Waals surface area contributed by atoms with Crippen molar-refractivity contribution in [2.24, 2.45) is 5.73 Å². The summed E-state index contributed by atoms with van der Waals surface area (Å²) in [5.74, 6) is 0. The lowest BCUT2D eigenvalue weighted by Crippen LogP contribution is -2.55. The average molecular weight is 289 g/mol. The van der Waals surface area contributed by atoms with E-state index in [2.05, 4.69) is 61.8 Å². The zero-order chi connectivity index (χ0) is 15.4. The summed E-state index contributed by atoms with van der Waals surface area (Å²) < 4.78 is 0. The molecule has 1 aliphatic rings. The third-order valence-corrected chi connectivity index (χ3v) is 4.89. The molecule has 3 atom stereocenters. The summed E-state index contributed by atoms with van der Waals surface area (Å²) in [6, 6.07) is 10.1. The number of piperazine rings is 1. The Bertz CT molecular complexity index is 429. The molecule has 1 aliphatic heterocycles. The second-order valence-electron chi connectivity index (χ2n) is 6.40. The van der Waals surface area contributed by atoms with Gasteiger partial charge in [-0.05, 0) is 32.4 Å². The van der Waals surface area contributed by atoms with Crippen LogP contribution in [-0.2, 0) is 0 Å². The molecule has 3 heteroatoms. The van der Waals surface area contributed by atoms with Gasteiger partial charge in [-0.2, -0.15) is 0 Å². The maximum Gasteiger partial charge on any atom is 0.0500 e. The Balaban J connectivity index is 2.19. The highest BCUT2D eigenvalue weighted by molar-refractivity contribution is 5.25. The third kappa shape index (κ3) is 3.85. The van der Waals surface area contributed by atoms with E-state index in [1.165, 1.54) is 11.1 Å². The van der Waals surface area contributed by atoms with Gasteiger partial charge >= 0.3 is 0 Å². The maximum absolute atomic E-state index is 6.48. The molecule has 0 radical (unpaired) electrons. The Labute approximate surface area is 130 Å². The van der Waals surface area contributed by atoms with E-state index in [0.717, 1.165) is 32.6 Å². The van der Waals surface area contributed by atoms with Crippen LogP contribution in [0.1, 0.15) is 44.4 Å². The molecule has 1 saturated heterocycles. The van der Waals surface area contributed by atoms with Crippen molar-refractivity contribution < 1.29 is 0 Å². The number of hydrogen-bond acceptors (Lipinski definition) is 3. The van der Waals surface area contributed by atoms with Crippen molar-refractivity contribution in [3.8, 4) is 0 Å². The molecule has 2 rings (SSSR count). The Kier molecular flexibility index (Phi) is 5.80. The minimum Gasteiger partial charge on any atom is -0.326 e. The average Bonchev–Trinajstić information content (AvgIpc) is 2.49. The molecule has 1 aromatic rings. The molecule has 0 amide bonds. The first-order chi connectivity index (χ1) is 10.1. The number of hydrogen-bond donors (Lipinski definition) is 1. The highest BCUT2D eigenvalue weighted by Gasteiger charge is 2.31. The van der Waals surface area contributed by atoms with Crippen LogP contribution in [0.25, 0.3) is 0 Å². The van der Waals surface area contributed by atoms with Crippen LogP contribution in [0.3, 0.4) is 0 Å². The smallest absolute Gasteiger partial charge is 0.0500 e. The fraction of sp³-hybridized carbons (Fsp3) is 0.667. The number of likely N-dealkylation sites (N-methyl/N-ethyl adjacent to an activating group) is 1. The fourth-order valence-corrected chi connectivity index (χ4v) is 3.46. The van der Waals surface area contributed by atoms with Gasteiger partial charge in [0.05, 0.1) is 0 Å². The van der Waals surface area contributed by atoms with Crippen molar-refractivity contribution in [3.05, 3.63) is 35.4 Å². The van der Waals surface area contributed by atoms with Gasteiger partial charge in [-0.1, -0.05) is 43.7 Å². The van der Waals surface area contributed by atoms with Crippen LogP contribution in [0.5, 0.6) is 0 Å². The molecule has 2 N–H and O–H groups in total. The van der Waals surface area contributed by atoms with Crippen LogP contribution in [0.4, 0.5) is 0 Å². The van der Waals surface area contributed by atoms with Crippen LogP contribution in [-0.4, -0.2) is 48.1 Å². The summed E-state index contributed by atoms with van der Waals surface area (Å²) in [6.07, 6.45) is 1.01. The van der Waals surface area contributed by atoms with E-state index in [-0.39, 0.29) is 6.04 Å². The summed E-state index contributed by atoms with van der Waals surface area (Å²) >= 11 is 0. The molecule has 21 heavy (non-hydrogen) atoms. The normalized spacial score (nSPS) is 24.0. The molecular weight excluding hydrogens is 258 g/mol. The molecule has 1 heterocycles. The van der Waals surface area contributed by atoms with E-state index >= 15 is 0 Å².